The van der Waals surface area contributed by atoms with Gasteiger partial charge in [0.15, 0.2) is 14.6 Å². The van der Waals surface area contributed by atoms with E-state index >= 15 is 0 Å². The molecule has 3 atom stereocenters. The van der Waals surface area contributed by atoms with Crippen LogP contribution in [0, 0.1) is 11.8 Å². The summed E-state index contributed by atoms with van der Waals surface area (Å²) < 4.78 is 23.4. The predicted octanol–water partition coefficient (Wildman–Crippen LogP) is 2.05. The van der Waals surface area contributed by atoms with Crippen molar-refractivity contribution in [2.24, 2.45) is 11.8 Å². The number of carbonyl (C=O) groups is 1. The molecular formula is C17H31ClN2O3S. The molecule has 3 unspecified atom stereocenters. The first-order valence-electron chi connectivity index (χ1n) is 9.14. The van der Waals surface area contributed by atoms with Gasteiger partial charge in [0.25, 0.3) is 0 Å². The maximum Gasteiger partial charge on any atom is 0.241 e. The highest BCUT2D eigenvalue weighted by Gasteiger charge is 2.49. The van der Waals surface area contributed by atoms with E-state index in [1.54, 1.807) is 0 Å². The fraction of sp³-hybridized carbons (Fsp3) is 0.941. The molecule has 3 rings (SSSR count). The first-order valence-corrected chi connectivity index (χ1v) is 11.0. The minimum Gasteiger partial charge on any atom is -0.352 e. The van der Waals surface area contributed by atoms with Crippen LogP contribution in [0.5, 0.6) is 0 Å². The highest BCUT2D eigenvalue weighted by molar-refractivity contribution is 7.92. The largest absolute Gasteiger partial charge is 0.352 e. The minimum atomic E-state index is -3.41. The second-order valence-corrected chi connectivity index (χ2v) is 10.1. The minimum absolute atomic E-state index is 0. The van der Waals surface area contributed by atoms with Crippen LogP contribution in [0.25, 0.3) is 0 Å². The summed E-state index contributed by atoms with van der Waals surface area (Å²) in [5, 5.41) is 6.29. The van der Waals surface area contributed by atoms with Gasteiger partial charge in [0.05, 0.1) is 0 Å². The van der Waals surface area contributed by atoms with Crippen molar-refractivity contribution in [2.75, 3.05) is 19.3 Å². The van der Waals surface area contributed by atoms with Crippen molar-refractivity contribution in [3.05, 3.63) is 0 Å². The van der Waals surface area contributed by atoms with E-state index in [0.717, 1.165) is 24.7 Å². The van der Waals surface area contributed by atoms with Crippen LogP contribution >= 0.6 is 12.4 Å². The van der Waals surface area contributed by atoms with Gasteiger partial charge in [-0.05, 0) is 57.0 Å². The van der Waals surface area contributed by atoms with Crippen molar-refractivity contribution in [3.8, 4) is 0 Å². The summed E-state index contributed by atoms with van der Waals surface area (Å²) in [5.41, 5.74) is 0. The molecule has 1 heterocycles. The Kier molecular flexibility index (Phi) is 6.59. The molecule has 1 saturated heterocycles. The quantitative estimate of drug-likeness (QED) is 0.788. The van der Waals surface area contributed by atoms with Gasteiger partial charge in [0.2, 0.25) is 5.91 Å². The Balaban J connectivity index is 0.00000208. The van der Waals surface area contributed by atoms with E-state index in [0.29, 0.717) is 25.9 Å². The molecule has 2 saturated carbocycles. The first kappa shape index (κ1) is 20.0. The van der Waals surface area contributed by atoms with Gasteiger partial charge in [-0.15, -0.1) is 12.4 Å². The smallest absolute Gasteiger partial charge is 0.241 e. The number of piperidine rings is 1. The standard InChI is InChI=1S/C17H30N2O3S.ClH/c1-23(21,22)17(8-10-18-11-9-17)16(20)19-15-7-6-13-4-2-3-5-14(13)12-15;/h13-15,18H,2-12H2,1H3,(H,19,20);1H. The van der Waals surface area contributed by atoms with E-state index < -0.39 is 14.6 Å². The summed E-state index contributed by atoms with van der Waals surface area (Å²) in [6, 6.07) is 0.162. The van der Waals surface area contributed by atoms with Gasteiger partial charge in [-0.25, -0.2) is 8.42 Å². The molecule has 5 nitrogen and oxygen atoms in total. The molecule has 1 aliphatic heterocycles. The van der Waals surface area contributed by atoms with Crippen LogP contribution in [-0.4, -0.2) is 44.5 Å². The van der Waals surface area contributed by atoms with Crippen LogP contribution in [0.4, 0.5) is 0 Å². The molecule has 0 aromatic heterocycles. The van der Waals surface area contributed by atoms with Crippen molar-refractivity contribution in [2.45, 2.75) is 68.6 Å². The lowest BCUT2D eigenvalue weighted by atomic mass is 9.69. The van der Waals surface area contributed by atoms with Crippen LogP contribution in [0.3, 0.4) is 0 Å². The monoisotopic (exact) mass is 378 g/mol. The summed E-state index contributed by atoms with van der Waals surface area (Å²) in [4.78, 5) is 12.9. The highest BCUT2D eigenvalue weighted by atomic mass is 35.5. The molecular weight excluding hydrogens is 348 g/mol. The van der Waals surface area contributed by atoms with Crippen molar-refractivity contribution in [1.29, 1.82) is 0 Å². The molecule has 2 N–H and O–H groups in total. The summed E-state index contributed by atoms with van der Waals surface area (Å²) in [6.45, 7) is 1.19. The number of hydrogen-bond acceptors (Lipinski definition) is 4. The van der Waals surface area contributed by atoms with Crippen LogP contribution in [-0.2, 0) is 14.6 Å². The lowest BCUT2D eigenvalue weighted by Gasteiger charge is -2.41. The Morgan fingerprint density at radius 2 is 1.67 bits per heavy atom. The summed E-state index contributed by atoms with van der Waals surface area (Å²) in [6.07, 6.45) is 10.5. The van der Waals surface area contributed by atoms with Crippen molar-refractivity contribution in [3.63, 3.8) is 0 Å². The Hall–Kier alpha value is -0.330. The average molecular weight is 379 g/mol. The predicted molar refractivity (Wildman–Crippen MR) is 98.2 cm³/mol. The molecule has 0 radical (unpaired) electrons. The van der Waals surface area contributed by atoms with E-state index in [4.69, 9.17) is 0 Å². The van der Waals surface area contributed by atoms with Gasteiger partial charge in [-0.3, -0.25) is 4.79 Å². The van der Waals surface area contributed by atoms with Crippen molar-refractivity contribution < 1.29 is 13.2 Å². The summed E-state index contributed by atoms with van der Waals surface area (Å²) in [7, 11) is -3.41. The summed E-state index contributed by atoms with van der Waals surface area (Å²) in [5.74, 6) is 1.31. The fourth-order valence-electron chi connectivity index (χ4n) is 4.92. The zero-order chi connectivity index (χ0) is 16.5. The second-order valence-electron chi connectivity index (χ2n) is 7.80. The molecule has 3 fully saturated rings. The Morgan fingerprint density at radius 1 is 1.04 bits per heavy atom. The highest BCUT2D eigenvalue weighted by Crippen LogP contribution is 2.40. The van der Waals surface area contributed by atoms with E-state index in [-0.39, 0.29) is 24.4 Å². The number of carbonyl (C=O) groups excluding carboxylic acids is 1. The molecule has 0 bridgehead atoms. The normalized spacial score (nSPS) is 33.0. The Labute approximate surface area is 152 Å². The number of sulfone groups is 1. The number of halogens is 1. The van der Waals surface area contributed by atoms with Crippen LogP contribution < -0.4 is 10.6 Å². The number of amides is 1. The average Bonchev–Trinajstić information content (AvgIpc) is 2.54. The van der Waals surface area contributed by atoms with Gasteiger partial charge in [-0.2, -0.15) is 0 Å². The first-order chi connectivity index (χ1) is 10.9. The second kappa shape index (κ2) is 7.92. The number of nitrogens with one attached hydrogen (secondary N) is 2. The third-order valence-corrected chi connectivity index (χ3v) is 8.42. The number of fused-ring (bicyclic) bond motifs is 1. The van der Waals surface area contributed by atoms with Crippen molar-refractivity contribution >= 4 is 28.2 Å². The third-order valence-electron chi connectivity index (χ3n) is 6.41. The molecule has 0 aromatic rings. The molecule has 1 amide bonds. The summed E-state index contributed by atoms with van der Waals surface area (Å²) >= 11 is 0. The van der Waals surface area contributed by atoms with Gasteiger partial charge in [0.1, 0.15) is 0 Å². The van der Waals surface area contributed by atoms with E-state index in [2.05, 4.69) is 10.6 Å². The van der Waals surface area contributed by atoms with Gasteiger partial charge in [-0.1, -0.05) is 25.7 Å². The third kappa shape index (κ3) is 3.91. The van der Waals surface area contributed by atoms with Crippen LogP contribution in [0.15, 0.2) is 0 Å². The van der Waals surface area contributed by atoms with Crippen LogP contribution in [0.1, 0.15) is 57.8 Å². The molecule has 3 aliphatic rings. The zero-order valence-electron chi connectivity index (χ0n) is 14.6. The Bertz CT molecular complexity index is 546. The Morgan fingerprint density at radius 3 is 2.29 bits per heavy atom. The lowest BCUT2D eigenvalue weighted by molar-refractivity contribution is -0.125. The van der Waals surface area contributed by atoms with E-state index in [9.17, 15) is 13.2 Å². The lowest BCUT2D eigenvalue weighted by Crippen LogP contribution is -2.59. The van der Waals surface area contributed by atoms with E-state index in [1.165, 1.54) is 38.4 Å². The molecule has 24 heavy (non-hydrogen) atoms. The molecule has 140 valence electrons. The molecule has 0 spiro atoms. The van der Waals surface area contributed by atoms with Crippen molar-refractivity contribution in [1.82, 2.24) is 10.6 Å². The fourth-order valence-corrected chi connectivity index (χ4v) is 6.26. The topological polar surface area (TPSA) is 75.3 Å². The maximum atomic E-state index is 12.9. The number of rotatable bonds is 3. The maximum absolute atomic E-state index is 12.9. The molecule has 0 aromatic carbocycles. The van der Waals surface area contributed by atoms with Gasteiger partial charge in [0, 0.05) is 12.3 Å². The van der Waals surface area contributed by atoms with Gasteiger partial charge < -0.3 is 10.6 Å². The van der Waals surface area contributed by atoms with Gasteiger partial charge >= 0.3 is 0 Å². The molecule has 2 aliphatic carbocycles. The zero-order valence-corrected chi connectivity index (χ0v) is 16.2. The van der Waals surface area contributed by atoms with Crippen LogP contribution in [0.2, 0.25) is 0 Å². The number of hydrogen-bond donors (Lipinski definition) is 2. The SMILES string of the molecule is CS(=O)(=O)C1(C(=O)NC2CCC3CCCCC3C2)CCNCC1.Cl. The van der Waals surface area contributed by atoms with E-state index in [1.807, 2.05) is 0 Å². The molecule has 7 heteroatoms.